The monoisotopic (exact) mass is 976 g/mol. The fraction of sp³-hybridized carbons (Fsp3) is 0.883. The molecular formula is C60H113NO8. The molecule has 1 amide bonds. The van der Waals surface area contributed by atoms with Crippen molar-refractivity contribution in [2.75, 3.05) is 13.2 Å². The molecule has 0 aromatic heterocycles. The van der Waals surface area contributed by atoms with Gasteiger partial charge in [-0.2, -0.15) is 0 Å². The van der Waals surface area contributed by atoms with E-state index < -0.39 is 49.5 Å². The van der Waals surface area contributed by atoms with Crippen LogP contribution >= 0.6 is 0 Å². The number of ether oxygens (including phenoxy) is 2. The van der Waals surface area contributed by atoms with Crippen molar-refractivity contribution in [1.29, 1.82) is 0 Å². The highest BCUT2D eigenvalue weighted by molar-refractivity contribution is 5.76. The predicted molar refractivity (Wildman–Crippen MR) is 290 cm³/mol. The molecule has 0 spiro atoms. The molecule has 1 saturated heterocycles. The summed E-state index contributed by atoms with van der Waals surface area (Å²) in [5, 5.41) is 54.5. The molecule has 0 aliphatic carbocycles. The zero-order valence-corrected chi connectivity index (χ0v) is 45.1. The van der Waals surface area contributed by atoms with Gasteiger partial charge < -0.3 is 40.3 Å². The van der Waals surface area contributed by atoms with Crippen LogP contribution in [0.4, 0.5) is 0 Å². The lowest BCUT2D eigenvalue weighted by molar-refractivity contribution is -0.302. The highest BCUT2D eigenvalue weighted by atomic mass is 16.7. The Kier molecular flexibility index (Phi) is 47.4. The van der Waals surface area contributed by atoms with Crippen LogP contribution in [0.25, 0.3) is 0 Å². The van der Waals surface area contributed by atoms with Crippen molar-refractivity contribution < 1.29 is 39.8 Å². The number of unbranched alkanes of at least 4 members (excludes halogenated alkanes) is 37. The van der Waals surface area contributed by atoms with Gasteiger partial charge in [0, 0.05) is 6.42 Å². The smallest absolute Gasteiger partial charge is 0.220 e. The quantitative estimate of drug-likeness (QED) is 0.0261. The fourth-order valence-corrected chi connectivity index (χ4v) is 9.48. The molecule has 7 atom stereocenters. The Morgan fingerprint density at radius 2 is 0.855 bits per heavy atom. The second-order valence-electron chi connectivity index (χ2n) is 20.8. The first-order chi connectivity index (χ1) is 33.8. The van der Waals surface area contributed by atoms with Crippen molar-refractivity contribution in [3.63, 3.8) is 0 Å². The summed E-state index contributed by atoms with van der Waals surface area (Å²) in [6, 6.07) is -0.812. The molecule has 7 unspecified atom stereocenters. The molecule has 0 saturated carbocycles. The van der Waals surface area contributed by atoms with E-state index in [1.54, 1.807) is 6.08 Å². The molecule has 9 nitrogen and oxygen atoms in total. The van der Waals surface area contributed by atoms with Crippen molar-refractivity contribution in [3.05, 3.63) is 36.5 Å². The SMILES string of the molecule is CCCCC/C=C\C/C=C\CCCCCCCC(=O)NC(COC1OC(CO)C(O)C(O)C1O)C(O)/C=C/CCCCCCCCCCCCCCCCCCCCCCCCCCCCCCC. The molecule has 1 aliphatic heterocycles. The van der Waals surface area contributed by atoms with Crippen LogP contribution in [0, 0.1) is 0 Å². The zero-order valence-electron chi connectivity index (χ0n) is 45.1. The van der Waals surface area contributed by atoms with E-state index in [9.17, 15) is 30.3 Å². The summed E-state index contributed by atoms with van der Waals surface area (Å²) in [7, 11) is 0. The minimum absolute atomic E-state index is 0.188. The third-order valence-electron chi connectivity index (χ3n) is 14.2. The van der Waals surface area contributed by atoms with Crippen LogP contribution in [0.2, 0.25) is 0 Å². The molecule has 69 heavy (non-hydrogen) atoms. The molecule has 0 aromatic rings. The van der Waals surface area contributed by atoms with E-state index in [0.29, 0.717) is 6.42 Å². The predicted octanol–water partition coefficient (Wildman–Crippen LogP) is 14.7. The van der Waals surface area contributed by atoms with E-state index in [4.69, 9.17) is 9.47 Å². The molecule has 6 N–H and O–H groups in total. The highest BCUT2D eigenvalue weighted by Gasteiger charge is 2.44. The average Bonchev–Trinajstić information content (AvgIpc) is 3.35. The lowest BCUT2D eigenvalue weighted by atomic mass is 9.99. The molecule has 0 aromatic carbocycles. The first-order valence-corrected chi connectivity index (χ1v) is 29.7. The molecular weight excluding hydrogens is 863 g/mol. The number of rotatable bonds is 51. The maximum atomic E-state index is 13.0. The summed E-state index contributed by atoms with van der Waals surface area (Å²) in [6.07, 6.45) is 58.0. The molecule has 1 heterocycles. The second-order valence-corrected chi connectivity index (χ2v) is 20.8. The molecule has 1 aliphatic rings. The van der Waals surface area contributed by atoms with Crippen molar-refractivity contribution in [2.24, 2.45) is 0 Å². The number of nitrogens with one attached hydrogen (secondary N) is 1. The molecule has 0 bridgehead atoms. The standard InChI is InChI=1S/C60H113NO8/c1-3-5-7-9-11-13-15-17-19-20-21-22-23-24-25-26-27-28-29-30-31-32-33-34-36-37-39-41-43-45-47-49-54(63)53(52-68-60-59(67)58(66)57(65)55(51-62)69-60)61-56(64)50-48-46-44-42-40-38-35-18-16-14-12-10-8-6-4-2/h12,14,18,35,47,49,53-55,57-60,62-63,65-67H,3-11,13,15-17,19-34,36-46,48,50-52H2,1-2H3,(H,61,64)/b14-12-,35-18-,49-47+. The van der Waals surface area contributed by atoms with Gasteiger partial charge in [0.25, 0.3) is 0 Å². The second kappa shape index (κ2) is 50.0. The van der Waals surface area contributed by atoms with E-state index >= 15 is 0 Å². The summed E-state index contributed by atoms with van der Waals surface area (Å²) >= 11 is 0. The molecule has 1 rings (SSSR count). The first-order valence-electron chi connectivity index (χ1n) is 29.7. The Morgan fingerprint density at radius 3 is 1.28 bits per heavy atom. The number of hydrogen-bond donors (Lipinski definition) is 6. The van der Waals surface area contributed by atoms with Gasteiger partial charge in [0.15, 0.2) is 6.29 Å². The topological polar surface area (TPSA) is 149 Å². The van der Waals surface area contributed by atoms with Crippen molar-refractivity contribution in [3.8, 4) is 0 Å². The maximum absolute atomic E-state index is 13.0. The summed E-state index contributed by atoms with van der Waals surface area (Å²) in [6.45, 7) is 3.77. The third-order valence-corrected chi connectivity index (χ3v) is 14.2. The van der Waals surface area contributed by atoms with Crippen LogP contribution in [-0.2, 0) is 14.3 Å². The van der Waals surface area contributed by atoms with Gasteiger partial charge in [-0.05, 0) is 51.4 Å². The average molecular weight is 977 g/mol. The number of carbonyl (C=O) groups excluding carboxylic acids is 1. The van der Waals surface area contributed by atoms with Crippen LogP contribution in [0.15, 0.2) is 36.5 Å². The Morgan fingerprint density at radius 1 is 0.493 bits per heavy atom. The Bertz CT molecular complexity index is 1180. The van der Waals surface area contributed by atoms with Crippen molar-refractivity contribution in [1.82, 2.24) is 5.32 Å². The van der Waals surface area contributed by atoms with E-state index in [1.807, 2.05) is 6.08 Å². The zero-order chi connectivity index (χ0) is 50.1. The molecule has 9 heteroatoms. The fourth-order valence-electron chi connectivity index (χ4n) is 9.48. The first kappa shape index (κ1) is 65.4. The number of aliphatic hydroxyl groups is 5. The maximum Gasteiger partial charge on any atom is 0.220 e. The number of aliphatic hydroxyl groups excluding tert-OH is 5. The van der Waals surface area contributed by atoms with Gasteiger partial charge in [0.05, 0.1) is 25.4 Å². The van der Waals surface area contributed by atoms with E-state index in [2.05, 4.69) is 43.5 Å². The van der Waals surface area contributed by atoms with Gasteiger partial charge in [-0.1, -0.05) is 262 Å². The Hall–Kier alpha value is -1.59. The van der Waals surface area contributed by atoms with Crippen LogP contribution in [0.5, 0.6) is 0 Å². The summed E-state index contributed by atoms with van der Waals surface area (Å²) in [5.41, 5.74) is 0. The highest BCUT2D eigenvalue weighted by Crippen LogP contribution is 2.23. The molecule has 1 fully saturated rings. The van der Waals surface area contributed by atoms with E-state index in [0.717, 1.165) is 64.2 Å². The van der Waals surface area contributed by atoms with E-state index in [-0.39, 0.29) is 12.5 Å². The lowest BCUT2D eigenvalue weighted by Gasteiger charge is -2.40. The number of amides is 1. The lowest BCUT2D eigenvalue weighted by Crippen LogP contribution is -2.60. The number of hydrogen-bond acceptors (Lipinski definition) is 8. The summed E-state index contributed by atoms with van der Waals surface area (Å²) in [5.74, 6) is -0.188. The minimum Gasteiger partial charge on any atom is -0.394 e. The van der Waals surface area contributed by atoms with Gasteiger partial charge in [-0.3, -0.25) is 4.79 Å². The Labute approximate surface area is 425 Å². The third kappa shape index (κ3) is 39.6. The van der Waals surface area contributed by atoms with Crippen molar-refractivity contribution >= 4 is 5.91 Å². The number of carbonyl (C=O) groups is 1. The summed E-state index contributed by atoms with van der Waals surface area (Å²) < 4.78 is 11.3. The van der Waals surface area contributed by atoms with Gasteiger partial charge in [0.2, 0.25) is 5.91 Å². The summed E-state index contributed by atoms with van der Waals surface area (Å²) in [4.78, 5) is 13.0. The van der Waals surface area contributed by atoms with Crippen LogP contribution in [0.1, 0.15) is 284 Å². The minimum atomic E-state index is -1.57. The van der Waals surface area contributed by atoms with E-state index in [1.165, 1.54) is 199 Å². The van der Waals surface area contributed by atoms with Gasteiger partial charge in [-0.25, -0.2) is 0 Å². The van der Waals surface area contributed by atoms with Crippen LogP contribution < -0.4 is 5.32 Å². The van der Waals surface area contributed by atoms with Crippen molar-refractivity contribution in [2.45, 2.75) is 326 Å². The van der Waals surface area contributed by atoms with Crippen LogP contribution in [-0.4, -0.2) is 87.5 Å². The molecule has 406 valence electrons. The Balaban J connectivity index is 2.16. The largest absolute Gasteiger partial charge is 0.394 e. The molecule has 0 radical (unpaired) electrons. The van der Waals surface area contributed by atoms with Gasteiger partial charge >= 0.3 is 0 Å². The van der Waals surface area contributed by atoms with Crippen LogP contribution in [0.3, 0.4) is 0 Å². The van der Waals surface area contributed by atoms with Gasteiger partial charge in [0.1, 0.15) is 24.4 Å². The normalized spacial score (nSPS) is 19.7. The van der Waals surface area contributed by atoms with Gasteiger partial charge in [-0.15, -0.1) is 0 Å². The number of allylic oxidation sites excluding steroid dienone is 5.